The summed E-state index contributed by atoms with van der Waals surface area (Å²) >= 11 is 0. The summed E-state index contributed by atoms with van der Waals surface area (Å²) in [6, 6.07) is 14.5. The van der Waals surface area contributed by atoms with Crippen molar-refractivity contribution in [1.29, 1.82) is 0 Å². The molecule has 0 unspecified atom stereocenters. The summed E-state index contributed by atoms with van der Waals surface area (Å²) in [7, 11) is -3.78. The van der Waals surface area contributed by atoms with Gasteiger partial charge in [-0.15, -0.1) is 0 Å². The van der Waals surface area contributed by atoms with E-state index in [1.807, 2.05) is 24.3 Å². The van der Waals surface area contributed by atoms with E-state index in [4.69, 9.17) is 0 Å². The van der Waals surface area contributed by atoms with Crippen LogP contribution >= 0.6 is 0 Å². The minimum absolute atomic E-state index is 0.0271. The van der Waals surface area contributed by atoms with E-state index in [0.717, 1.165) is 6.42 Å². The van der Waals surface area contributed by atoms with Crippen LogP contribution in [0.5, 0.6) is 0 Å². The number of hydrogen-bond acceptors (Lipinski definition) is 3. The van der Waals surface area contributed by atoms with Crippen molar-refractivity contribution in [2.45, 2.75) is 11.3 Å². The highest BCUT2D eigenvalue weighted by Gasteiger charge is 2.16. The number of allylic oxidation sites excluding steroid dienone is 5. The van der Waals surface area contributed by atoms with Gasteiger partial charge in [-0.3, -0.25) is 9.52 Å². The third kappa shape index (κ3) is 4.49. The van der Waals surface area contributed by atoms with E-state index in [2.05, 4.69) is 10.0 Å². The molecule has 0 saturated carbocycles. The Hall–Kier alpha value is -3.12. The highest BCUT2D eigenvalue weighted by atomic mass is 32.2. The zero-order valence-corrected chi connectivity index (χ0v) is 14.7. The zero-order chi connectivity index (χ0) is 18.4. The molecule has 6 heteroatoms. The number of carbonyl (C=O) groups excluding carboxylic acids is 1. The summed E-state index contributed by atoms with van der Waals surface area (Å²) in [5, 5.41) is 2.77. The maximum absolute atomic E-state index is 12.5. The molecule has 0 aromatic heterocycles. The van der Waals surface area contributed by atoms with Crippen LogP contribution in [-0.2, 0) is 10.0 Å². The normalized spacial score (nSPS) is 13.6. The monoisotopic (exact) mass is 366 g/mol. The van der Waals surface area contributed by atoms with Gasteiger partial charge in [0.15, 0.2) is 0 Å². The van der Waals surface area contributed by atoms with Crippen LogP contribution in [0.15, 0.2) is 95.6 Å². The van der Waals surface area contributed by atoms with Gasteiger partial charge in [0.05, 0.1) is 4.90 Å². The van der Waals surface area contributed by atoms with Crippen LogP contribution in [0.25, 0.3) is 0 Å². The summed E-state index contributed by atoms with van der Waals surface area (Å²) in [5.41, 5.74) is 1.38. The number of rotatable bonds is 5. The number of sulfonamides is 1. The number of carbonyl (C=O) groups is 1. The van der Waals surface area contributed by atoms with Crippen molar-refractivity contribution in [3.8, 4) is 0 Å². The fourth-order valence-corrected chi connectivity index (χ4v) is 3.49. The predicted octanol–water partition coefficient (Wildman–Crippen LogP) is 3.62. The minimum Gasteiger partial charge on any atom is -0.322 e. The van der Waals surface area contributed by atoms with Gasteiger partial charge in [-0.25, -0.2) is 8.42 Å². The van der Waals surface area contributed by atoms with E-state index in [0.29, 0.717) is 11.4 Å². The van der Waals surface area contributed by atoms with Crippen molar-refractivity contribution in [2.24, 2.45) is 0 Å². The van der Waals surface area contributed by atoms with Gasteiger partial charge in [0.2, 0.25) is 0 Å². The maximum Gasteiger partial charge on any atom is 0.261 e. The summed E-state index contributed by atoms with van der Waals surface area (Å²) < 4.78 is 27.6. The van der Waals surface area contributed by atoms with Gasteiger partial charge >= 0.3 is 0 Å². The fourth-order valence-electron chi connectivity index (χ4n) is 2.39. The molecule has 0 aliphatic heterocycles. The number of nitrogens with one attached hydrogen (secondary N) is 2. The van der Waals surface area contributed by atoms with Crippen LogP contribution in [0.3, 0.4) is 0 Å². The van der Waals surface area contributed by atoms with Crippen molar-refractivity contribution in [1.82, 2.24) is 5.32 Å². The molecule has 0 spiro atoms. The first kappa shape index (κ1) is 17.7. The van der Waals surface area contributed by atoms with Crippen molar-refractivity contribution < 1.29 is 13.2 Å². The highest BCUT2D eigenvalue weighted by molar-refractivity contribution is 7.92. The second-order valence-corrected chi connectivity index (χ2v) is 7.32. The van der Waals surface area contributed by atoms with E-state index in [1.165, 1.54) is 12.1 Å². The van der Waals surface area contributed by atoms with Crippen LogP contribution < -0.4 is 10.0 Å². The Kier molecular flexibility index (Phi) is 5.34. The minimum atomic E-state index is -3.78. The molecule has 2 aromatic rings. The average molecular weight is 366 g/mol. The molecule has 0 radical (unpaired) electrons. The average Bonchev–Trinajstić information content (AvgIpc) is 2.91. The topological polar surface area (TPSA) is 75.3 Å². The smallest absolute Gasteiger partial charge is 0.261 e. The Bertz CT molecular complexity index is 991. The first-order valence-corrected chi connectivity index (χ1v) is 9.55. The van der Waals surface area contributed by atoms with Crippen molar-refractivity contribution in [3.63, 3.8) is 0 Å². The van der Waals surface area contributed by atoms with E-state index in [1.54, 1.807) is 48.5 Å². The molecule has 132 valence electrons. The van der Waals surface area contributed by atoms with Crippen LogP contribution in [0, 0.1) is 0 Å². The predicted molar refractivity (Wildman–Crippen MR) is 102 cm³/mol. The lowest BCUT2D eigenvalue weighted by atomic mass is 10.2. The third-order valence-electron chi connectivity index (χ3n) is 3.67. The SMILES string of the molecule is O=C(NC1=CC=CCC=C1)c1cccc(S(=O)(=O)Nc2ccccc2)c1. The summed E-state index contributed by atoms with van der Waals surface area (Å²) in [4.78, 5) is 12.5. The molecular weight excluding hydrogens is 348 g/mol. The molecule has 1 amide bonds. The molecule has 0 saturated heterocycles. The maximum atomic E-state index is 12.5. The lowest BCUT2D eigenvalue weighted by Crippen LogP contribution is -2.22. The second kappa shape index (κ2) is 7.84. The van der Waals surface area contributed by atoms with Crippen molar-refractivity contribution in [3.05, 3.63) is 96.2 Å². The molecular formula is C20H18N2O3S. The molecule has 0 bridgehead atoms. The Morgan fingerprint density at radius 2 is 1.77 bits per heavy atom. The molecule has 2 N–H and O–H groups in total. The Morgan fingerprint density at radius 3 is 2.58 bits per heavy atom. The summed E-state index contributed by atoms with van der Waals surface area (Å²) in [5.74, 6) is -0.368. The fraction of sp³-hybridized carbons (Fsp3) is 0.0500. The lowest BCUT2D eigenvalue weighted by molar-refractivity contribution is 0.0967. The lowest BCUT2D eigenvalue weighted by Gasteiger charge is -2.10. The molecule has 0 fully saturated rings. The number of anilines is 1. The first-order chi connectivity index (χ1) is 12.5. The van der Waals surface area contributed by atoms with Gasteiger partial charge in [0.25, 0.3) is 15.9 Å². The number of benzene rings is 2. The van der Waals surface area contributed by atoms with E-state index in [9.17, 15) is 13.2 Å². The van der Waals surface area contributed by atoms with Crippen LogP contribution in [0.4, 0.5) is 5.69 Å². The number of hydrogen-bond donors (Lipinski definition) is 2. The Morgan fingerprint density at radius 1 is 0.962 bits per heavy atom. The third-order valence-corrected chi connectivity index (χ3v) is 5.05. The van der Waals surface area contributed by atoms with Gasteiger partial charge in [-0.1, -0.05) is 42.5 Å². The number of amides is 1. The molecule has 1 aliphatic rings. The standard InChI is InChI=1S/C20H18N2O3S/c23-20(21-17-10-4-1-2-5-11-17)16-9-8-14-19(15-16)26(24,25)22-18-12-6-3-7-13-18/h1,3-15,22H,2H2,(H,21,23). The first-order valence-electron chi connectivity index (χ1n) is 8.07. The quantitative estimate of drug-likeness (QED) is 0.849. The molecule has 5 nitrogen and oxygen atoms in total. The highest BCUT2D eigenvalue weighted by Crippen LogP contribution is 2.17. The van der Waals surface area contributed by atoms with Crippen LogP contribution in [-0.4, -0.2) is 14.3 Å². The molecule has 0 atom stereocenters. The van der Waals surface area contributed by atoms with Gasteiger partial charge in [0.1, 0.15) is 0 Å². The van der Waals surface area contributed by atoms with Crippen LogP contribution in [0.2, 0.25) is 0 Å². The van der Waals surface area contributed by atoms with Gasteiger partial charge in [-0.2, -0.15) is 0 Å². The molecule has 1 aliphatic carbocycles. The van der Waals surface area contributed by atoms with Gasteiger partial charge < -0.3 is 5.32 Å². The van der Waals surface area contributed by atoms with Crippen molar-refractivity contribution in [2.75, 3.05) is 4.72 Å². The molecule has 2 aromatic carbocycles. The van der Waals surface area contributed by atoms with E-state index in [-0.39, 0.29) is 16.4 Å². The van der Waals surface area contributed by atoms with Gasteiger partial charge in [0, 0.05) is 16.9 Å². The van der Waals surface area contributed by atoms with Crippen LogP contribution in [0.1, 0.15) is 16.8 Å². The van der Waals surface area contributed by atoms with Gasteiger partial charge in [-0.05, 0) is 48.9 Å². The summed E-state index contributed by atoms with van der Waals surface area (Å²) in [6.45, 7) is 0. The Labute approximate surface area is 152 Å². The molecule has 26 heavy (non-hydrogen) atoms. The number of para-hydroxylation sites is 1. The van der Waals surface area contributed by atoms with E-state index < -0.39 is 10.0 Å². The zero-order valence-electron chi connectivity index (χ0n) is 13.9. The largest absolute Gasteiger partial charge is 0.322 e. The molecule has 0 heterocycles. The molecule has 3 rings (SSSR count). The van der Waals surface area contributed by atoms with E-state index >= 15 is 0 Å². The second-order valence-electron chi connectivity index (χ2n) is 5.64. The van der Waals surface area contributed by atoms with Crippen molar-refractivity contribution >= 4 is 21.6 Å². The summed E-state index contributed by atoms with van der Waals surface area (Å²) in [6.07, 6.45) is 10.2. The Balaban J connectivity index is 1.80.